The summed E-state index contributed by atoms with van der Waals surface area (Å²) in [5, 5.41) is 2.22. The molecule has 0 saturated heterocycles. The van der Waals surface area contributed by atoms with Gasteiger partial charge < -0.3 is 15.4 Å². The number of rotatable bonds is 2. The molecule has 0 aliphatic carbocycles. The zero-order valence-corrected chi connectivity index (χ0v) is 16.7. The molecule has 1 amide bonds. The zero-order valence-electron chi connectivity index (χ0n) is 16.7. The molecule has 32 heavy (non-hydrogen) atoms. The smallest absolute Gasteiger partial charge is 0.433 e. The molecular weight excluding hydrogens is 423 g/mol. The van der Waals surface area contributed by atoms with Crippen molar-refractivity contribution in [1.29, 1.82) is 0 Å². The first-order valence-electron chi connectivity index (χ1n) is 9.65. The minimum Gasteiger partial charge on any atom is -0.475 e. The van der Waals surface area contributed by atoms with E-state index < -0.39 is 17.9 Å². The first-order valence-corrected chi connectivity index (χ1v) is 9.65. The maximum atomic E-state index is 13.2. The van der Waals surface area contributed by atoms with Gasteiger partial charge in [-0.2, -0.15) is 13.2 Å². The highest BCUT2D eigenvalue weighted by atomic mass is 19.4. The van der Waals surface area contributed by atoms with E-state index in [9.17, 15) is 18.0 Å². The average molecular weight is 439 g/mol. The second-order valence-corrected chi connectivity index (χ2v) is 7.48. The number of hydrogen-bond acceptors (Lipinski definition) is 6. The van der Waals surface area contributed by atoms with Crippen LogP contribution in [0.25, 0.3) is 21.7 Å². The molecule has 1 unspecified atom stereocenters. The van der Waals surface area contributed by atoms with Crippen LogP contribution in [0.2, 0.25) is 0 Å². The van der Waals surface area contributed by atoms with Crippen molar-refractivity contribution in [2.45, 2.75) is 12.2 Å². The van der Waals surface area contributed by atoms with Gasteiger partial charge >= 0.3 is 6.18 Å². The predicted molar refractivity (Wildman–Crippen MR) is 111 cm³/mol. The molecule has 4 heterocycles. The summed E-state index contributed by atoms with van der Waals surface area (Å²) >= 11 is 0. The van der Waals surface area contributed by atoms with Crippen molar-refractivity contribution in [3.05, 3.63) is 65.6 Å². The number of nitrogens with two attached hydrogens (primary N) is 1. The van der Waals surface area contributed by atoms with E-state index in [0.717, 1.165) is 22.2 Å². The van der Waals surface area contributed by atoms with Crippen LogP contribution in [0.4, 0.5) is 19.0 Å². The zero-order chi connectivity index (χ0) is 22.6. The number of fused-ring (bicyclic) bond motifs is 4. The Balaban J connectivity index is 1.50. The largest absolute Gasteiger partial charge is 0.475 e. The van der Waals surface area contributed by atoms with Gasteiger partial charge in [0.2, 0.25) is 5.88 Å². The Morgan fingerprint density at radius 2 is 1.94 bits per heavy atom. The molecule has 0 spiro atoms. The number of carbonyl (C=O) groups is 1. The van der Waals surface area contributed by atoms with Crippen LogP contribution in [0.15, 0.2) is 48.8 Å². The molecule has 2 N–H and O–H groups in total. The first kappa shape index (κ1) is 20.0. The van der Waals surface area contributed by atoms with E-state index in [1.807, 2.05) is 0 Å². The highest BCUT2D eigenvalue weighted by molar-refractivity contribution is 6.11. The number of likely N-dealkylation sites (N-methyl/N-ethyl adjacent to an activating group) is 1. The fourth-order valence-electron chi connectivity index (χ4n) is 3.90. The number of amides is 1. The van der Waals surface area contributed by atoms with Gasteiger partial charge in [-0.1, -0.05) is 0 Å². The van der Waals surface area contributed by atoms with Crippen molar-refractivity contribution >= 4 is 33.4 Å². The molecule has 0 saturated carbocycles. The number of carbonyl (C=O) groups excluding carboxylic acids is 1. The van der Waals surface area contributed by atoms with Gasteiger partial charge in [-0.3, -0.25) is 9.78 Å². The van der Waals surface area contributed by atoms with Gasteiger partial charge in [-0.05, 0) is 36.4 Å². The van der Waals surface area contributed by atoms with Crippen molar-refractivity contribution in [3.63, 3.8) is 0 Å². The molecule has 5 rings (SSSR count). The standard InChI is InChI=1S/C22H16F3N5O2/c1-30(17-10-32-20-13(17)3-5-18(29-20)22(23,24)25)21(31)11-2-4-16-14(8-11)15-9-27-7-6-12(15)19(26)28-16/h2-9,17H,10H2,1H3,(H2,26,28). The van der Waals surface area contributed by atoms with Gasteiger partial charge in [0.15, 0.2) is 0 Å². The Bertz CT molecular complexity index is 1390. The molecule has 0 bridgehead atoms. The number of aromatic nitrogens is 3. The van der Waals surface area contributed by atoms with E-state index in [4.69, 9.17) is 10.5 Å². The third-order valence-corrected chi connectivity index (χ3v) is 5.58. The van der Waals surface area contributed by atoms with Crippen LogP contribution < -0.4 is 10.5 Å². The monoisotopic (exact) mass is 439 g/mol. The number of nitrogen functional groups attached to an aromatic ring is 1. The molecule has 1 atom stereocenters. The molecule has 1 aliphatic heterocycles. The summed E-state index contributed by atoms with van der Waals surface area (Å²) in [6, 6.07) is 8.44. The number of benzene rings is 1. The number of anilines is 1. The minimum atomic E-state index is -4.57. The normalized spacial score (nSPS) is 15.6. The lowest BCUT2D eigenvalue weighted by Gasteiger charge is -2.24. The Kier molecular flexibility index (Phi) is 4.40. The van der Waals surface area contributed by atoms with Crippen LogP contribution in [0, 0.1) is 0 Å². The summed E-state index contributed by atoms with van der Waals surface area (Å²) in [4.78, 5) is 26.8. The van der Waals surface area contributed by atoms with Crippen molar-refractivity contribution in [1.82, 2.24) is 19.9 Å². The van der Waals surface area contributed by atoms with E-state index >= 15 is 0 Å². The number of nitrogens with zero attached hydrogens (tertiary/aromatic N) is 4. The molecular formula is C22H16F3N5O2. The van der Waals surface area contributed by atoms with Crippen LogP contribution in [0.3, 0.4) is 0 Å². The number of hydrogen-bond donors (Lipinski definition) is 1. The van der Waals surface area contributed by atoms with Crippen molar-refractivity contribution in [2.24, 2.45) is 0 Å². The van der Waals surface area contributed by atoms with E-state index in [1.54, 1.807) is 43.7 Å². The lowest BCUT2D eigenvalue weighted by Crippen LogP contribution is -2.32. The molecule has 162 valence electrons. The topological polar surface area (TPSA) is 94.2 Å². The van der Waals surface area contributed by atoms with Crippen molar-refractivity contribution in [2.75, 3.05) is 19.4 Å². The summed E-state index contributed by atoms with van der Waals surface area (Å²) < 4.78 is 44.1. The van der Waals surface area contributed by atoms with E-state index in [1.165, 1.54) is 11.0 Å². The fraction of sp³-hybridized carbons (Fsp3) is 0.182. The molecule has 10 heteroatoms. The molecule has 4 aromatic rings. The number of pyridine rings is 3. The highest BCUT2D eigenvalue weighted by Crippen LogP contribution is 2.38. The second-order valence-electron chi connectivity index (χ2n) is 7.48. The summed E-state index contributed by atoms with van der Waals surface area (Å²) in [6.45, 7) is 0.0183. The van der Waals surface area contributed by atoms with Crippen LogP contribution in [0.1, 0.15) is 27.7 Å². The van der Waals surface area contributed by atoms with Gasteiger partial charge in [0.25, 0.3) is 5.91 Å². The van der Waals surface area contributed by atoms with Gasteiger partial charge in [0.05, 0.1) is 11.6 Å². The number of alkyl halides is 3. The summed E-state index contributed by atoms with van der Waals surface area (Å²) in [5.41, 5.74) is 6.44. The van der Waals surface area contributed by atoms with Crippen LogP contribution >= 0.6 is 0 Å². The van der Waals surface area contributed by atoms with Gasteiger partial charge in [-0.15, -0.1) is 0 Å². The van der Waals surface area contributed by atoms with E-state index in [0.29, 0.717) is 22.5 Å². The third-order valence-electron chi connectivity index (χ3n) is 5.58. The number of halogens is 3. The fourth-order valence-corrected chi connectivity index (χ4v) is 3.90. The van der Waals surface area contributed by atoms with E-state index in [2.05, 4.69) is 15.0 Å². The van der Waals surface area contributed by atoms with Crippen LogP contribution in [-0.2, 0) is 6.18 Å². The van der Waals surface area contributed by atoms with Crippen LogP contribution in [0.5, 0.6) is 5.88 Å². The Morgan fingerprint density at radius 1 is 1.12 bits per heavy atom. The Hall–Kier alpha value is -3.95. The molecule has 3 aromatic heterocycles. The van der Waals surface area contributed by atoms with Crippen LogP contribution in [-0.4, -0.2) is 39.4 Å². The third kappa shape index (κ3) is 3.15. The summed E-state index contributed by atoms with van der Waals surface area (Å²) in [7, 11) is 1.58. The maximum absolute atomic E-state index is 13.2. The second kappa shape index (κ2) is 7.04. The van der Waals surface area contributed by atoms with E-state index in [-0.39, 0.29) is 18.4 Å². The summed E-state index contributed by atoms with van der Waals surface area (Å²) in [5.74, 6) is -0.0571. The molecule has 1 aliphatic rings. The summed E-state index contributed by atoms with van der Waals surface area (Å²) in [6.07, 6.45) is -1.29. The van der Waals surface area contributed by atoms with Crippen molar-refractivity contribution < 1.29 is 22.7 Å². The lowest BCUT2D eigenvalue weighted by molar-refractivity contribution is -0.141. The average Bonchev–Trinajstić information content (AvgIpc) is 3.21. The maximum Gasteiger partial charge on any atom is 0.433 e. The first-order chi connectivity index (χ1) is 15.2. The lowest BCUT2D eigenvalue weighted by atomic mass is 10.0. The van der Waals surface area contributed by atoms with Gasteiger partial charge in [0, 0.05) is 46.7 Å². The minimum absolute atomic E-state index is 0.0183. The Labute approximate surface area is 179 Å². The predicted octanol–water partition coefficient (Wildman–Crippen LogP) is 3.98. The molecule has 0 radical (unpaired) electrons. The quantitative estimate of drug-likeness (QED) is 0.475. The SMILES string of the molecule is CN(C(=O)c1ccc2nc(N)c3ccncc3c2c1)C1COc2nc(C(F)(F)F)ccc21. The molecule has 0 fully saturated rings. The molecule has 7 nitrogen and oxygen atoms in total. The van der Waals surface area contributed by atoms with Crippen molar-refractivity contribution in [3.8, 4) is 5.88 Å². The highest BCUT2D eigenvalue weighted by Gasteiger charge is 2.37. The van der Waals surface area contributed by atoms with Gasteiger partial charge in [0.1, 0.15) is 18.1 Å². The Morgan fingerprint density at radius 3 is 2.72 bits per heavy atom. The van der Waals surface area contributed by atoms with Gasteiger partial charge in [-0.25, -0.2) is 9.97 Å². The number of ether oxygens (including phenoxy) is 1. The molecule has 1 aromatic carbocycles.